The van der Waals surface area contributed by atoms with Gasteiger partial charge in [0, 0.05) is 22.2 Å². The van der Waals surface area contributed by atoms with Crippen molar-refractivity contribution in [3.05, 3.63) is 45.0 Å². The van der Waals surface area contributed by atoms with Crippen LogP contribution in [-0.4, -0.2) is 4.57 Å². The number of thiophene rings is 1. The lowest BCUT2D eigenvalue weighted by Gasteiger charge is -2.06. The summed E-state index contributed by atoms with van der Waals surface area (Å²) in [6, 6.07) is 7.47. The van der Waals surface area contributed by atoms with Crippen LogP contribution in [-0.2, 0) is 7.05 Å². The Kier molecular flexibility index (Phi) is 2.06. The number of benzene rings is 1. The zero-order valence-electron chi connectivity index (χ0n) is 8.53. The van der Waals surface area contributed by atoms with E-state index in [0.29, 0.717) is 5.02 Å². The van der Waals surface area contributed by atoms with Gasteiger partial charge in [-0.1, -0.05) is 11.6 Å². The molecule has 2 heterocycles. The van der Waals surface area contributed by atoms with Crippen molar-refractivity contribution in [2.24, 2.45) is 7.05 Å². The summed E-state index contributed by atoms with van der Waals surface area (Å²) in [5.74, 6) is 0. The van der Waals surface area contributed by atoms with Crippen molar-refractivity contribution in [3.8, 4) is 0 Å². The first-order valence-corrected chi connectivity index (χ1v) is 6.10. The van der Waals surface area contributed by atoms with Crippen LogP contribution >= 0.6 is 22.9 Å². The van der Waals surface area contributed by atoms with Crippen molar-refractivity contribution in [3.63, 3.8) is 0 Å². The van der Waals surface area contributed by atoms with Crippen LogP contribution in [0.2, 0.25) is 5.02 Å². The molecular weight excluding hydrogens is 242 g/mol. The van der Waals surface area contributed by atoms with Crippen molar-refractivity contribution in [2.75, 3.05) is 0 Å². The Morgan fingerprint density at radius 3 is 2.88 bits per heavy atom. The molecule has 0 fully saturated rings. The highest BCUT2D eigenvalue weighted by Gasteiger charge is 2.09. The molecule has 0 saturated heterocycles. The fraction of sp³-hybridized carbons (Fsp3) is 0.0833. The summed E-state index contributed by atoms with van der Waals surface area (Å²) in [5.41, 5.74) is 0.968. The maximum Gasteiger partial charge on any atom is 0.259 e. The lowest BCUT2D eigenvalue weighted by molar-refractivity contribution is 0.919. The second-order valence-corrected chi connectivity index (χ2v) is 5.04. The number of pyridine rings is 1. The number of halogens is 1. The van der Waals surface area contributed by atoms with Gasteiger partial charge < -0.3 is 4.57 Å². The Labute approximate surface area is 101 Å². The van der Waals surface area contributed by atoms with Crippen molar-refractivity contribution in [1.82, 2.24) is 4.57 Å². The van der Waals surface area contributed by atoms with E-state index in [1.54, 1.807) is 23.0 Å². The summed E-state index contributed by atoms with van der Waals surface area (Å²) in [4.78, 5) is 12.0. The molecule has 0 atom stereocenters. The highest BCUT2D eigenvalue weighted by Crippen LogP contribution is 2.28. The Morgan fingerprint density at radius 1 is 1.25 bits per heavy atom. The molecule has 2 nitrogen and oxygen atoms in total. The lowest BCUT2D eigenvalue weighted by atomic mass is 10.2. The van der Waals surface area contributed by atoms with Gasteiger partial charge in [-0.2, -0.15) is 0 Å². The highest BCUT2D eigenvalue weighted by atomic mass is 35.5. The molecule has 4 heteroatoms. The molecule has 0 aliphatic heterocycles. The van der Waals surface area contributed by atoms with E-state index in [1.807, 2.05) is 29.6 Å². The van der Waals surface area contributed by atoms with Gasteiger partial charge >= 0.3 is 0 Å². The van der Waals surface area contributed by atoms with Gasteiger partial charge in [-0.15, -0.1) is 11.3 Å². The van der Waals surface area contributed by atoms with Crippen LogP contribution in [0, 0.1) is 0 Å². The first-order valence-electron chi connectivity index (χ1n) is 4.84. The van der Waals surface area contributed by atoms with Crippen LogP contribution < -0.4 is 5.56 Å². The second kappa shape index (κ2) is 3.34. The second-order valence-electron chi connectivity index (χ2n) is 3.69. The van der Waals surface area contributed by atoms with Gasteiger partial charge in [-0.3, -0.25) is 4.79 Å². The summed E-state index contributed by atoms with van der Waals surface area (Å²) in [6.07, 6.45) is 0. The smallest absolute Gasteiger partial charge is 0.259 e. The summed E-state index contributed by atoms with van der Waals surface area (Å²) in [6.45, 7) is 0. The maximum absolute atomic E-state index is 12.0. The van der Waals surface area contributed by atoms with E-state index in [9.17, 15) is 4.79 Å². The summed E-state index contributed by atoms with van der Waals surface area (Å²) >= 11 is 7.57. The van der Waals surface area contributed by atoms with E-state index in [1.165, 1.54) is 0 Å². The fourth-order valence-corrected chi connectivity index (χ4v) is 3.04. The number of nitrogens with zero attached hydrogens (tertiary/aromatic N) is 1. The molecule has 16 heavy (non-hydrogen) atoms. The van der Waals surface area contributed by atoms with Crippen molar-refractivity contribution >= 4 is 43.9 Å². The van der Waals surface area contributed by atoms with Gasteiger partial charge in [-0.05, 0) is 29.6 Å². The van der Waals surface area contributed by atoms with Gasteiger partial charge in [0.05, 0.1) is 10.9 Å². The Morgan fingerprint density at radius 2 is 2.06 bits per heavy atom. The topological polar surface area (TPSA) is 22.0 Å². The third-order valence-electron chi connectivity index (χ3n) is 2.76. The van der Waals surface area contributed by atoms with Crippen molar-refractivity contribution in [2.45, 2.75) is 0 Å². The average molecular weight is 250 g/mol. The van der Waals surface area contributed by atoms with Gasteiger partial charge in [0.15, 0.2) is 0 Å². The summed E-state index contributed by atoms with van der Waals surface area (Å²) in [5, 5.41) is 4.44. The molecule has 0 spiro atoms. The molecule has 0 aliphatic rings. The van der Waals surface area contributed by atoms with E-state index in [4.69, 9.17) is 11.6 Å². The van der Waals surface area contributed by atoms with Gasteiger partial charge in [0.25, 0.3) is 5.56 Å². The van der Waals surface area contributed by atoms with Gasteiger partial charge in [0.1, 0.15) is 0 Å². The standard InChI is InChI=1S/C12H8ClNOS/c1-14-10-3-2-7(13)6-9(10)11-8(12(14)15)4-5-16-11/h2-6H,1H3. The molecule has 0 bridgehead atoms. The molecule has 0 amide bonds. The van der Waals surface area contributed by atoms with E-state index in [2.05, 4.69) is 0 Å². The minimum absolute atomic E-state index is 0.0473. The minimum Gasteiger partial charge on any atom is -0.311 e. The minimum atomic E-state index is 0.0473. The van der Waals surface area contributed by atoms with Crippen LogP contribution in [0.1, 0.15) is 0 Å². The predicted molar refractivity (Wildman–Crippen MR) is 69.6 cm³/mol. The Balaban J connectivity index is 2.72. The predicted octanol–water partition coefficient (Wildman–Crippen LogP) is 3.41. The lowest BCUT2D eigenvalue weighted by Crippen LogP contribution is -2.16. The third-order valence-corrected chi connectivity index (χ3v) is 3.95. The number of aromatic nitrogens is 1. The van der Waals surface area contributed by atoms with Crippen molar-refractivity contribution < 1.29 is 0 Å². The first-order chi connectivity index (χ1) is 7.68. The average Bonchev–Trinajstić information content (AvgIpc) is 2.75. The number of rotatable bonds is 0. The molecule has 0 N–H and O–H groups in total. The zero-order valence-corrected chi connectivity index (χ0v) is 10.1. The van der Waals surface area contributed by atoms with E-state index in [0.717, 1.165) is 21.0 Å². The largest absolute Gasteiger partial charge is 0.311 e. The summed E-state index contributed by atoms with van der Waals surface area (Å²) < 4.78 is 2.68. The number of hydrogen-bond acceptors (Lipinski definition) is 2. The molecular formula is C12H8ClNOS. The van der Waals surface area contributed by atoms with Crippen LogP contribution in [0.5, 0.6) is 0 Å². The van der Waals surface area contributed by atoms with Gasteiger partial charge in [-0.25, -0.2) is 0 Å². The van der Waals surface area contributed by atoms with Crippen LogP contribution in [0.4, 0.5) is 0 Å². The Hall–Kier alpha value is -1.32. The van der Waals surface area contributed by atoms with E-state index >= 15 is 0 Å². The maximum atomic E-state index is 12.0. The zero-order chi connectivity index (χ0) is 11.3. The first kappa shape index (κ1) is 9.87. The van der Waals surface area contributed by atoms with Gasteiger partial charge in [0.2, 0.25) is 0 Å². The van der Waals surface area contributed by atoms with Crippen LogP contribution in [0.3, 0.4) is 0 Å². The Bertz CT molecular complexity index is 757. The number of hydrogen-bond donors (Lipinski definition) is 0. The molecule has 0 aliphatic carbocycles. The molecule has 0 unspecified atom stereocenters. The molecule has 0 saturated carbocycles. The fourth-order valence-electron chi connectivity index (χ4n) is 1.96. The van der Waals surface area contributed by atoms with E-state index < -0.39 is 0 Å². The normalized spacial score (nSPS) is 11.4. The molecule has 1 aromatic carbocycles. The van der Waals surface area contributed by atoms with Crippen LogP contribution in [0.25, 0.3) is 21.0 Å². The van der Waals surface area contributed by atoms with Crippen LogP contribution in [0.15, 0.2) is 34.4 Å². The van der Waals surface area contributed by atoms with E-state index in [-0.39, 0.29) is 5.56 Å². The quantitative estimate of drug-likeness (QED) is 0.599. The summed E-state index contributed by atoms with van der Waals surface area (Å²) in [7, 11) is 1.79. The molecule has 3 aromatic rings. The van der Waals surface area contributed by atoms with Crippen molar-refractivity contribution in [1.29, 1.82) is 0 Å². The highest BCUT2D eigenvalue weighted by molar-refractivity contribution is 7.18. The third kappa shape index (κ3) is 1.22. The number of aryl methyl sites for hydroxylation is 1. The molecule has 3 rings (SSSR count). The SMILES string of the molecule is Cn1c(=O)c2ccsc2c2cc(Cl)ccc21. The monoisotopic (exact) mass is 249 g/mol. The number of fused-ring (bicyclic) bond motifs is 3. The molecule has 80 valence electrons. The molecule has 0 radical (unpaired) electrons. The molecule has 2 aromatic heterocycles.